The maximum absolute atomic E-state index is 12.0. The first-order valence-electron chi connectivity index (χ1n) is 7.32. The second-order valence-corrected chi connectivity index (χ2v) is 5.34. The van der Waals surface area contributed by atoms with Crippen molar-refractivity contribution in [3.8, 4) is 0 Å². The minimum absolute atomic E-state index is 0.171. The number of nitrogens with one attached hydrogen (secondary N) is 1. The molecule has 0 unspecified atom stereocenters. The van der Waals surface area contributed by atoms with Gasteiger partial charge in [-0.25, -0.2) is 0 Å². The fourth-order valence-corrected chi connectivity index (χ4v) is 2.28. The van der Waals surface area contributed by atoms with E-state index in [2.05, 4.69) is 5.32 Å². The van der Waals surface area contributed by atoms with Crippen molar-refractivity contribution in [3.63, 3.8) is 0 Å². The van der Waals surface area contributed by atoms with Crippen molar-refractivity contribution in [1.82, 2.24) is 5.32 Å². The van der Waals surface area contributed by atoms with Gasteiger partial charge in [-0.05, 0) is 44.4 Å². The molecule has 0 fully saturated rings. The fraction of sp³-hybridized carbons (Fsp3) is 0.412. The summed E-state index contributed by atoms with van der Waals surface area (Å²) < 4.78 is 5.66. The largest absolute Gasteiger partial charge is 0.451 e. The lowest BCUT2D eigenvalue weighted by Crippen LogP contribution is -2.24. The SMILES string of the molecule is CCCNC(=O)c1oc2ccc(CCC(C)=O)cc2c1C. The minimum atomic E-state index is -0.171. The highest BCUT2D eigenvalue weighted by molar-refractivity contribution is 5.99. The van der Waals surface area contributed by atoms with Crippen molar-refractivity contribution >= 4 is 22.7 Å². The van der Waals surface area contributed by atoms with E-state index in [4.69, 9.17) is 4.42 Å². The highest BCUT2D eigenvalue weighted by atomic mass is 16.3. The van der Waals surface area contributed by atoms with E-state index in [0.717, 1.165) is 22.9 Å². The molecule has 21 heavy (non-hydrogen) atoms. The molecule has 0 aliphatic carbocycles. The number of amides is 1. The summed E-state index contributed by atoms with van der Waals surface area (Å²) in [5.74, 6) is 0.386. The maximum Gasteiger partial charge on any atom is 0.287 e. The van der Waals surface area contributed by atoms with Crippen LogP contribution in [0, 0.1) is 6.92 Å². The smallest absolute Gasteiger partial charge is 0.287 e. The van der Waals surface area contributed by atoms with Gasteiger partial charge in [0, 0.05) is 23.9 Å². The zero-order chi connectivity index (χ0) is 15.4. The van der Waals surface area contributed by atoms with E-state index in [0.29, 0.717) is 30.7 Å². The van der Waals surface area contributed by atoms with Gasteiger partial charge < -0.3 is 14.5 Å². The molecule has 0 radical (unpaired) electrons. The van der Waals surface area contributed by atoms with Crippen LogP contribution in [0.25, 0.3) is 11.0 Å². The van der Waals surface area contributed by atoms with Crippen molar-refractivity contribution in [1.29, 1.82) is 0 Å². The number of ketones is 1. The number of Topliss-reactive ketones (excluding diaryl/α,β-unsaturated/α-hetero) is 1. The molecule has 1 aromatic heterocycles. The lowest BCUT2D eigenvalue weighted by atomic mass is 10.0. The molecule has 1 amide bonds. The monoisotopic (exact) mass is 287 g/mol. The first kappa shape index (κ1) is 15.3. The van der Waals surface area contributed by atoms with Gasteiger partial charge in [0.05, 0.1) is 0 Å². The number of carbonyl (C=O) groups is 2. The van der Waals surface area contributed by atoms with Crippen LogP contribution in [-0.2, 0) is 11.2 Å². The average Bonchev–Trinajstić information content (AvgIpc) is 2.79. The van der Waals surface area contributed by atoms with Crippen molar-refractivity contribution in [2.75, 3.05) is 6.54 Å². The van der Waals surface area contributed by atoms with E-state index in [1.807, 2.05) is 32.0 Å². The quantitative estimate of drug-likeness (QED) is 0.885. The van der Waals surface area contributed by atoms with E-state index in [1.54, 1.807) is 6.92 Å². The molecule has 2 aromatic rings. The van der Waals surface area contributed by atoms with Crippen molar-refractivity contribution in [3.05, 3.63) is 35.1 Å². The molecule has 1 heterocycles. The van der Waals surface area contributed by atoms with Crippen LogP contribution in [0.2, 0.25) is 0 Å². The Balaban J connectivity index is 2.28. The topological polar surface area (TPSA) is 59.3 Å². The molecule has 4 nitrogen and oxygen atoms in total. The van der Waals surface area contributed by atoms with E-state index in [-0.39, 0.29) is 11.7 Å². The predicted molar refractivity (Wildman–Crippen MR) is 82.6 cm³/mol. The Bertz CT molecular complexity index is 670. The Kier molecular flexibility index (Phi) is 4.78. The van der Waals surface area contributed by atoms with Gasteiger partial charge in [-0.2, -0.15) is 0 Å². The molecule has 1 N–H and O–H groups in total. The van der Waals surface area contributed by atoms with Gasteiger partial charge in [0.2, 0.25) is 0 Å². The Labute approximate surface area is 124 Å². The second-order valence-electron chi connectivity index (χ2n) is 5.34. The van der Waals surface area contributed by atoms with Crippen molar-refractivity contribution < 1.29 is 14.0 Å². The Morgan fingerprint density at radius 2 is 2.05 bits per heavy atom. The molecule has 0 aliphatic rings. The van der Waals surface area contributed by atoms with Crippen LogP contribution in [0.5, 0.6) is 0 Å². The van der Waals surface area contributed by atoms with Gasteiger partial charge in [0.25, 0.3) is 5.91 Å². The first-order chi connectivity index (χ1) is 10.0. The third-order valence-electron chi connectivity index (χ3n) is 3.51. The molecule has 0 spiro atoms. The zero-order valence-corrected chi connectivity index (χ0v) is 12.8. The molecule has 0 bridgehead atoms. The number of carbonyl (C=O) groups excluding carboxylic acids is 2. The molecular weight excluding hydrogens is 266 g/mol. The van der Waals surface area contributed by atoms with Crippen molar-refractivity contribution in [2.24, 2.45) is 0 Å². The molecule has 0 saturated carbocycles. The second kappa shape index (κ2) is 6.57. The maximum atomic E-state index is 12.0. The molecule has 0 atom stereocenters. The standard InChI is InChI=1S/C17H21NO3/c1-4-9-18-17(20)16-12(3)14-10-13(6-5-11(2)19)7-8-15(14)21-16/h7-8,10H,4-6,9H2,1-3H3,(H,18,20). The summed E-state index contributed by atoms with van der Waals surface area (Å²) in [6.07, 6.45) is 2.14. The van der Waals surface area contributed by atoms with Gasteiger partial charge in [0.15, 0.2) is 5.76 Å². The number of benzene rings is 1. The van der Waals surface area contributed by atoms with Crippen LogP contribution in [0.4, 0.5) is 0 Å². The van der Waals surface area contributed by atoms with Crippen molar-refractivity contribution in [2.45, 2.75) is 40.0 Å². The van der Waals surface area contributed by atoms with Gasteiger partial charge in [-0.3, -0.25) is 4.79 Å². The molecule has 0 saturated heterocycles. The lowest BCUT2D eigenvalue weighted by molar-refractivity contribution is -0.116. The minimum Gasteiger partial charge on any atom is -0.451 e. The molecule has 4 heteroatoms. The fourth-order valence-electron chi connectivity index (χ4n) is 2.28. The summed E-state index contributed by atoms with van der Waals surface area (Å²) in [5.41, 5.74) is 2.64. The predicted octanol–water partition coefficient (Wildman–Crippen LogP) is 3.40. The van der Waals surface area contributed by atoms with Crippen LogP contribution in [0.15, 0.2) is 22.6 Å². The molecule has 2 rings (SSSR count). The summed E-state index contributed by atoms with van der Waals surface area (Å²) in [6.45, 7) is 6.13. The normalized spacial score (nSPS) is 10.8. The van der Waals surface area contributed by atoms with E-state index in [1.165, 1.54) is 0 Å². The lowest BCUT2D eigenvalue weighted by Gasteiger charge is -2.00. The third kappa shape index (κ3) is 3.51. The van der Waals surface area contributed by atoms with E-state index in [9.17, 15) is 9.59 Å². The molecule has 0 aliphatic heterocycles. The average molecular weight is 287 g/mol. The molecule has 1 aromatic carbocycles. The number of hydrogen-bond acceptors (Lipinski definition) is 3. The van der Waals surface area contributed by atoms with Gasteiger partial charge >= 0.3 is 0 Å². The Morgan fingerprint density at radius 3 is 2.71 bits per heavy atom. The number of aryl methyl sites for hydroxylation is 2. The van der Waals surface area contributed by atoms with Crippen LogP contribution in [0.1, 0.15) is 48.4 Å². The summed E-state index contributed by atoms with van der Waals surface area (Å²) in [6, 6.07) is 5.82. The number of hydrogen-bond donors (Lipinski definition) is 1. The number of rotatable bonds is 6. The number of fused-ring (bicyclic) bond motifs is 1. The summed E-state index contributed by atoms with van der Waals surface area (Å²) in [4.78, 5) is 23.1. The van der Waals surface area contributed by atoms with Gasteiger partial charge in [-0.1, -0.05) is 13.0 Å². The van der Waals surface area contributed by atoms with Crippen LogP contribution in [-0.4, -0.2) is 18.2 Å². The molecule has 112 valence electrons. The van der Waals surface area contributed by atoms with Crippen LogP contribution < -0.4 is 5.32 Å². The summed E-state index contributed by atoms with van der Waals surface area (Å²) in [7, 11) is 0. The number of furan rings is 1. The Hall–Kier alpha value is -2.10. The van der Waals surface area contributed by atoms with E-state index >= 15 is 0 Å². The highest BCUT2D eigenvalue weighted by Gasteiger charge is 2.17. The van der Waals surface area contributed by atoms with Gasteiger partial charge in [-0.15, -0.1) is 0 Å². The zero-order valence-electron chi connectivity index (χ0n) is 12.8. The third-order valence-corrected chi connectivity index (χ3v) is 3.51. The Morgan fingerprint density at radius 1 is 1.29 bits per heavy atom. The summed E-state index contributed by atoms with van der Waals surface area (Å²) in [5, 5.41) is 3.77. The van der Waals surface area contributed by atoms with Crippen LogP contribution >= 0.6 is 0 Å². The van der Waals surface area contributed by atoms with E-state index < -0.39 is 0 Å². The van der Waals surface area contributed by atoms with Gasteiger partial charge in [0.1, 0.15) is 11.4 Å². The first-order valence-corrected chi connectivity index (χ1v) is 7.32. The highest BCUT2D eigenvalue weighted by Crippen LogP contribution is 2.26. The molecular formula is C17H21NO3. The summed E-state index contributed by atoms with van der Waals surface area (Å²) >= 11 is 0. The van der Waals surface area contributed by atoms with Crippen LogP contribution in [0.3, 0.4) is 0 Å².